The number of benzene rings is 2. The number of rotatable bonds is 8. The van der Waals surface area contributed by atoms with Crippen molar-refractivity contribution in [2.45, 2.75) is 45.5 Å². The highest BCUT2D eigenvalue weighted by Crippen LogP contribution is 2.40. The highest BCUT2D eigenvalue weighted by molar-refractivity contribution is 6.36. The van der Waals surface area contributed by atoms with Gasteiger partial charge in [0.1, 0.15) is 17.0 Å². The summed E-state index contributed by atoms with van der Waals surface area (Å²) in [6, 6.07) is 17.5. The lowest BCUT2D eigenvalue weighted by molar-refractivity contribution is -0.141. The Hall–Kier alpha value is -4.61. The van der Waals surface area contributed by atoms with Gasteiger partial charge in [0.2, 0.25) is 5.91 Å². The molecule has 2 aromatic carbocycles. The van der Waals surface area contributed by atoms with Crippen molar-refractivity contribution in [1.82, 2.24) is 30.6 Å². The van der Waals surface area contributed by atoms with E-state index in [1.54, 1.807) is 24.4 Å². The minimum absolute atomic E-state index is 0.0134. The van der Waals surface area contributed by atoms with Crippen LogP contribution in [0.2, 0.25) is 5.02 Å². The average molecular weight is 632 g/mol. The molecule has 1 aliphatic heterocycles. The number of aryl methyl sites for hydroxylation is 1. The van der Waals surface area contributed by atoms with Crippen LogP contribution in [0.15, 0.2) is 66.9 Å². The van der Waals surface area contributed by atoms with E-state index < -0.39 is 11.9 Å². The summed E-state index contributed by atoms with van der Waals surface area (Å²) in [4.78, 5) is 28.9. The lowest BCUT2D eigenvalue weighted by Gasteiger charge is -2.18. The van der Waals surface area contributed by atoms with Crippen molar-refractivity contribution >= 4 is 40.0 Å². The smallest absolute Gasteiger partial charge is 0.352 e. The lowest BCUT2D eigenvalue weighted by atomic mass is 9.96. The number of carbonyl (C=O) groups is 1. The number of aromatic nitrogens is 4. The Balaban J connectivity index is 1.31. The number of amides is 1. The molecular formula is C33H29ClF3N7O. The fraction of sp³-hybridized carbons (Fsp3) is 0.242. The molecule has 1 amide bonds. The van der Waals surface area contributed by atoms with Crippen LogP contribution in [0.25, 0.3) is 33.4 Å². The third kappa shape index (κ3) is 6.45. The molecule has 12 heteroatoms. The fourth-order valence-corrected chi connectivity index (χ4v) is 5.86. The van der Waals surface area contributed by atoms with Gasteiger partial charge >= 0.3 is 6.18 Å². The second-order valence-corrected chi connectivity index (χ2v) is 11.3. The standard InChI is InChI=1S/C33H29ClF3N7O/c1-18-22(6-4-9-25(18)44-32-30-27(10-5-15-39-30)40-19(2)41-32)23-7-3-8-24(29(23)34)26-13-11-20(31(43-26)33(35,36)37)16-38-17-21-12-14-28(45)42-21/h3-11,13,15,21,38H,12,14,16-17H2,1-2H3,(H,42,45)(H,40,41,44). The van der Waals surface area contributed by atoms with Crippen LogP contribution in [0.4, 0.5) is 24.7 Å². The monoisotopic (exact) mass is 631 g/mol. The molecule has 0 bridgehead atoms. The SMILES string of the molecule is Cc1nc(Nc2cccc(-c3cccc(-c4ccc(CNCC5CCC(=O)N5)c(C(F)(F)F)n4)c3Cl)c2C)c2ncccc2n1. The predicted octanol–water partition coefficient (Wildman–Crippen LogP) is 7.15. The van der Waals surface area contributed by atoms with E-state index in [0.717, 1.165) is 16.8 Å². The zero-order valence-corrected chi connectivity index (χ0v) is 25.2. The Labute approximate surface area is 262 Å². The first-order valence-electron chi connectivity index (χ1n) is 14.4. The first-order valence-corrected chi connectivity index (χ1v) is 14.8. The highest BCUT2D eigenvalue weighted by atomic mass is 35.5. The summed E-state index contributed by atoms with van der Waals surface area (Å²) in [5.74, 6) is 1.11. The minimum Gasteiger partial charge on any atom is -0.352 e. The summed E-state index contributed by atoms with van der Waals surface area (Å²) < 4.78 is 42.5. The highest BCUT2D eigenvalue weighted by Gasteiger charge is 2.36. The van der Waals surface area contributed by atoms with Gasteiger partial charge in [-0.15, -0.1) is 0 Å². The number of hydrogen-bond acceptors (Lipinski definition) is 7. The van der Waals surface area contributed by atoms with Gasteiger partial charge in [-0.05, 0) is 61.2 Å². The quantitative estimate of drug-likeness (QED) is 0.167. The molecule has 0 saturated carbocycles. The third-order valence-corrected chi connectivity index (χ3v) is 8.16. The molecule has 0 aliphatic carbocycles. The van der Waals surface area contributed by atoms with Gasteiger partial charge in [0.15, 0.2) is 5.82 Å². The van der Waals surface area contributed by atoms with Crippen LogP contribution in [-0.2, 0) is 17.5 Å². The van der Waals surface area contributed by atoms with Gasteiger partial charge in [-0.3, -0.25) is 9.78 Å². The maximum Gasteiger partial charge on any atom is 0.433 e. The number of nitrogens with zero attached hydrogens (tertiary/aromatic N) is 4. The van der Waals surface area contributed by atoms with Crippen molar-refractivity contribution in [1.29, 1.82) is 0 Å². The van der Waals surface area contributed by atoms with Crippen molar-refractivity contribution in [2.24, 2.45) is 0 Å². The van der Waals surface area contributed by atoms with Gasteiger partial charge in [0, 0.05) is 48.6 Å². The third-order valence-electron chi connectivity index (χ3n) is 7.76. The first kappa shape index (κ1) is 30.4. The van der Waals surface area contributed by atoms with Crippen LogP contribution < -0.4 is 16.0 Å². The maximum absolute atomic E-state index is 14.2. The Morgan fingerprint density at radius 2 is 1.73 bits per heavy atom. The second-order valence-electron chi connectivity index (χ2n) is 10.9. The Morgan fingerprint density at radius 1 is 0.956 bits per heavy atom. The zero-order chi connectivity index (χ0) is 31.7. The summed E-state index contributed by atoms with van der Waals surface area (Å²) in [6.45, 7) is 4.07. The number of fused-ring (bicyclic) bond motifs is 1. The molecule has 1 aliphatic rings. The largest absolute Gasteiger partial charge is 0.433 e. The number of hydrogen-bond donors (Lipinski definition) is 3. The molecule has 3 N–H and O–H groups in total. The topological polar surface area (TPSA) is 105 Å². The molecule has 45 heavy (non-hydrogen) atoms. The molecule has 6 rings (SSSR count). The van der Waals surface area contributed by atoms with Crippen LogP contribution in [0.3, 0.4) is 0 Å². The first-order chi connectivity index (χ1) is 21.6. The molecule has 8 nitrogen and oxygen atoms in total. The molecule has 3 aromatic heterocycles. The van der Waals surface area contributed by atoms with Gasteiger partial charge in [0.25, 0.3) is 0 Å². The van der Waals surface area contributed by atoms with E-state index in [1.807, 2.05) is 50.2 Å². The number of halogens is 4. The van der Waals surface area contributed by atoms with Gasteiger partial charge in [-0.25, -0.2) is 15.0 Å². The van der Waals surface area contributed by atoms with E-state index in [0.29, 0.717) is 53.2 Å². The van der Waals surface area contributed by atoms with Gasteiger partial charge in [0.05, 0.1) is 16.2 Å². The molecule has 1 saturated heterocycles. The normalized spacial score (nSPS) is 15.0. The number of carbonyl (C=O) groups excluding carboxylic acids is 1. The molecule has 1 atom stereocenters. The molecule has 4 heterocycles. The summed E-state index contributed by atoms with van der Waals surface area (Å²) in [5, 5.41) is 9.49. The molecule has 5 aromatic rings. The minimum atomic E-state index is -4.67. The molecular weight excluding hydrogens is 603 g/mol. The molecule has 1 fully saturated rings. The van der Waals surface area contributed by atoms with Crippen LogP contribution in [0.1, 0.15) is 35.5 Å². The number of anilines is 2. The number of alkyl halides is 3. The summed E-state index contributed by atoms with van der Waals surface area (Å²) >= 11 is 6.92. The number of pyridine rings is 2. The van der Waals surface area contributed by atoms with Crippen LogP contribution >= 0.6 is 11.6 Å². The molecule has 0 spiro atoms. The number of nitrogens with one attached hydrogen (secondary N) is 3. The Morgan fingerprint density at radius 3 is 2.51 bits per heavy atom. The van der Waals surface area contributed by atoms with Crippen molar-refractivity contribution < 1.29 is 18.0 Å². The zero-order valence-electron chi connectivity index (χ0n) is 24.5. The van der Waals surface area contributed by atoms with Crippen molar-refractivity contribution in [3.63, 3.8) is 0 Å². The van der Waals surface area contributed by atoms with Crippen LogP contribution in [0.5, 0.6) is 0 Å². The Kier molecular flexibility index (Phi) is 8.39. The van der Waals surface area contributed by atoms with Crippen molar-refractivity contribution in [3.8, 4) is 22.4 Å². The van der Waals surface area contributed by atoms with Crippen LogP contribution in [0, 0.1) is 13.8 Å². The molecule has 230 valence electrons. The second kappa shape index (κ2) is 12.4. The van der Waals surface area contributed by atoms with E-state index in [9.17, 15) is 18.0 Å². The van der Waals surface area contributed by atoms with Gasteiger partial charge in [-0.1, -0.05) is 48.0 Å². The lowest BCUT2D eigenvalue weighted by Crippen LogP contribution is -2.35. The summed E-state index contributed by atoms with van der Waals surface area (Å²) in [5.41, 5.74) is 3.95. The van der Waals surface area contributed by atoms with Crippen molar-refractivity contribution in [3.05, 3.63) is 94.5 Å². The van der Waals surface area contributed by atoms with E-state index in [4.69, 9.17) is 11.6 Å². The van der Waals surface area contributed by atoms with Gasteiger partial charge < -0.3 is 16.0 Å². The van der Waals surface area contributed by atoms with E-state index >= 15 is 0 Å². The van der Waals surface area contributed by atoms with Crippen LogP contribution in [-0.4, -0.2) is 38.4 Å². The van der Waals surface area contributed by atoms with Gasteiger partial charge in [-0.2, -0.15) is 13.2 Å². The Bertz CT molecular complexity index is 1910. The van der Waals surface area contributed by atoms with E-state index in [1.165, 1.54) is 6.07 Å². The maximum atomic E-state index is 14.2. The molecule has 1 unspecified atom stereocenters. The van der Waals surface area contributed by atoms with Crippen molar-refractivity contribution in [2.75, 3.05) is 11.9 Å². The average Bonchev–Trinajstić information content (AvgIpc) is 3.43. The summed E-state index contributed by atoms with van der Waals surface area (Å²) in [7, 11) is 0. The fourth-order valence-electron chi connectivity index (χ4n) is 5.54. The predicted molar refractivity (Wildman–Crippen MR) is 168 cm³/mol. The van der Waals surface area contributed by atoms with E-state index in [2.05, 4.69) is 35.9 Å². The summed E-state index contributed by atoms with van der Waals surface area (Å²) in [6.07, 6.45) is -1.92. The van der Waals surface area contributed by atoms with E-state index in [-0.39, 0.29) is 34.8 Å². The molecule has 0 radical (unpaired) electrons.